The van der Waals surface area contributed by atoms with Gasteiger partial charge in [-0.15, -0.1) is 0 Å². The summed E-state index contributed by atoms with van der Waals surface area (Å²) in [5.41, 5.74) is 0. The van der Waals surface area contributed by atoms with Crippen LogP contribution in [0.25, 0.3) is 0 Å². The van der Waals surface area contributed by atoms with Gasteiger partial charge in [-0.1, -0.05) is 151 Å². The minimum Gasteiger partial charge on any atom is -0.477 e. The third-order valence-electron chi connectivity index (χ3n) is 9.37. The summed E-state index contributed by atoms with van der Waals surface area (Å²) in [5, 5.41) is 9.60. The minimum atomic E-state index is -0.882. The zero-order chi connectivity index (χ0) is 41.4. The van der Waals surface area contributed by atoms with Crippen molar-refractivity contribution < 1.29 is 38.2 Å². The van der Waals surface area contributed by atoms with Gasteiger partial charge in [-0.05, 0) is 64.2 Å². The number of carboxylic acid groups (broad SMARTS) is 1. The summed E-state index contributed by atoms with van der Waals surface area (Å²) < 4.78 is 17.2. The normalized spacial score (nSPS) is 13.7. The molecule has 0 heterocycles. The number of likely N-dealkylation sites (N-methyl/N-ethyl adjacent to an activating group) is 1. The van der Waals surface area contributed by atoms with Crippen LogP contribution in [0.5, 0.6) is 0 Å². The van der Waals surface area contributed by atoms with E-state index in [2.05, 4.69) is 86.8 Å². The topological polar surface area (TPSA) is 99.1 Å². The number of allylic oxidation sites excluding steroid dienone is 12. The zero-order valence-corrected chi connectivity index (χ0v) is 36.3. The highest BCUT2D eigenvalue weighted by molar-refractivity contribution is 5.72. The van der Waals surface area contributed by atoms with Crippen molar-refractivity contribution in [1.82, 2.24) is 0 Å². The quantitative estimate of drug-likeness (QED) is 0.0288. The van der Waals surface area contributed by atoms with Crippen LogP contribution in [0.2, 0.25) is 0 Å². The summed E-state index contributed by atoms with van der Waals surface area (Å²) in [4.78, 5) is 36.9. The lowest BCUT2D eigenvalue weighted by Gasteiger charge is -2.31. The van der Waals surface area contributed by atoms with Gasteiger partial charge >= 0.3 is 17.9 Å². The maximum atomic E-state index is 12.6. The number of nitrogens with zero attached hydrogens (tertiary/aromatic N) is 1. The fourth-order valence-corrected chi connectivity index (χ4v) is 5.98. The van der Waals surface area contributed by atoms with Gasteiger partial charge in [-0.25, -0.2) is 4.79 Å². The first-order valence-electron chi connectivity index (χ1n) is 22.0. The lowest BCUT2D eigenvalue weighted by Crippen LogP contribution is -2.50. The van der Waals surface area contributed by atoms with E-state index in [1.807, 2.05) is 21.1 Å². The molecule has 8 nitrogen and oxygen atoms in total. The van der Waals surface area contributed by atoms with E-state index in [0.717, 1.165) is 89.9 Å². The number of hydrogen-bond acceptors (Lipinski definition) is 6. The molecule has 0 saturated heterocycles. The highest BCUT2D eigenvalue weighted by Gasteiger charge is 2.31. The first-order valence-corrected chi connectivity index (χ1v) is 22.0. The first-order chi connectivity index (χ1) is 27.1. The first kappa shape index (κ1) is 52.8. The molecule has 0 aliphatic rings. The van der Waals surface area contributed by atoms with Crippen LogP contribution >= 0.6 is 0 Å². The molecule has 0 bridgehead atoms. The number of carbonyl (C=O) groups excluding carboxylic acids is 2. The molecular formula is C48H82NO7+. The average molecular weight is 785 g/mol. The van der Waals surface area contributed by atoms with E-state index in [9.17, 15) is 19.5 Å². The van der Waals surface area contributed by atoms with Gasteiger partial charge in [0.1, 0.15) is 6.61 Å². The Bertz CT molecular complexity index is 1140. The molecule has 0 spiro atoms. The molecule has 1 N–H and O–H groups in total. The number of esters is 2. The second-order valence-electron chi connectivity index (χ2n) is 15.6. The van der Waals surface area contributed by atoms with Gasteiger partial charge in [0.05, 0.1) is 34.4 Å². The number of unbranched alkanes of at least 4 members (excludes halogenated alkanes) is 12. The summed E-state index contributed by atoms with van der Waals surface area (Å²) in [7, 11) is 5.51. The van der Waals surface area contributed by atoms with E-state index in [-0.39, 0.29) is 36.2 Å². The minimum absolute atomic E-state index is 0.0505. The van der Waals surface area contributed by atoms with Crippen LogP contribution in [0.15, 0.2) is 72.9 Å². The van der Waals surface area contributed by atoms with Crippen LogP contribution in [-0.4, -0.2) is 80.6 Å². The molecule has 320 valence electrons. The summed E-state index contributed by atoms with van der Waals surface area (Å²) in [5.74, 6) is -1.51. The van der Waals surface area contributed by atoms with E-state index in [1.54, 1.807) is 0 Å². The van der Waals surface area contributed by atoms with Gasteiger partial charge in [0.15, 0.2) is 12.1 Å². The second kappa shape index (κ2) is 38.6. The Morgan fingerprint density at radius 1 is 0.554 bits per heavy atom. The molecule has 2 unspecified atom stereocenters. The highest BCUT2D eigenvalue weighted by atomic mass is 16.6. The van der Waals surface area contributed by atoms with Crippen molar-refractivity contribution in [3.63, 3.8) is 0 Å². The van der Waals surface area contributed by atoms with Crippen molar-refractivity contribution in [3.05, 3.63) is 72.9 Å². The molecule has 0 radical (unpaired) electrons. The molecule has 0 aliphatic heterocycles. The summed E-state index contributed by atoms with van der Waals surface area (Å²) in [6, 6.07) is -0.619. The van der Waals surface area contributed by atoms with E-state index < -0.39 is 18.1 Å². The van der Waals surface area contributed by atoms with Crippen LogP contribution in [-0.2, 0) is 28.6 Å². The van der Waals surface area contributed by atoms with Gasteiger partial charge in [0.2, 0.25) is 0 Å². The third kappa shape index (κ3) is 36.4. The van der Waals surface area contributed by atoms with Crippen molar-refractivity contribution in [2.75, 3.05) is 41.0 Å². The summed E-state index contributed by atoms with van der Waals surface area (Å²) in [6.07, 6.45) is 48.1. The van der Waals surface area contributed by atoms with Gasteiger partial charge in [-0.3, -0.25) is 9.59 Å². The highest BCUT2D eigenvalue weighted by Crippen LogP contribution is 2.13. The van der Waals surface area contributed by atoms with Crippen molar-refractivity contribution in [1.29, 1.82) is 0 Å². The second-order valence-corrected chi connectivity index (χ2v) is 15.6. The smallest absolute Gasteiger partial charge is 0.362 e. The predicted octanol–water partition coefficient (Wildman–Crippen LogP) is 12.0. The van der Waals surface area contributed by atoms with E-state index >= 15 is 0 Å². The van der Waals surface area contributed by atoms with Gasteiger partial charge in [0.25, 0.3) is 0 Å². The van der Waals surface area contributed by atoms with Crippen molar-refractivity contribution >= 4 is 17.9 Å². The van der Waals surface area contributed by atoms with Crippen LogP contribution in [0.1, 0.15) is 162 Å². The standard InChI is InChI=1S/C48H81NO7/c1-6-8-10-12-14-16-17-18-19-20-21-22-23-24-25-26-27-28-29-31-32-34-36-38-46(50)55-43-44(42-54-41-40-45(48(52)53)49(3,4)5)56-47(51)39-37-35-33-30-15-13-11-9-7-2/h8,10,14,16,18-19,21-22,24-25,27-28,44-45H,6-7,9,11-13,15,17,20,23,26,29-43H2,1-5H3/p+1/b10-8+,16-14+,19-18+,22-21+,25-24+,28-27+. The van der Waals surface area contributed by atoms with Crippen molar-refractivity contribution in [2.45, 2.75) is 174 Å². The molecule has 8 heteroatoms. The number of rotatable bonds is 38. The molecule has 0 amide bonds. The SMILES string of the molecule is CC/C=C/C/C=C/C/C=C/C/C=C/C/C=C/C/C=C/CCCCCCC(=O)OCC(COCCC(C(=O)O)[N+](C)(C)C)OC(=O)CCCCCCCCCCC. The zero-order valence-electron chi connectivity index (χ0n) is 36.3. The Kier molecular flexibility index (Phi) is 36.4. The molecule has 2 atom stereocenters. The predicted molar refractivity (Wildman–Crippen MR) is 233 cm³/mol. The number of hydrogen-bond donors (Lipinski definition) is 1. The Morgan fingerprint density at radius 2 is 1.00 bits per heavy atom. The van der Waals surface area contributed by atoms with Gasteiger partial charge in [-0.2, -0.15) is 0 Å². The lowest BCUT2D eigenvalue weighted by molar-refractivity contribution is -0.887. The van der Waals surface area contributed by atoms with Gasteiger partial charge in [0, 0.05) is 19.3 Å². The fraction of sp³-hybridized carbons (Fsp3) is 0.688. The maximum Gasteiger partial charge on any atom is 0.362 e. The number of carboxylic acids is 1. The molecule has 0 rings (SSSR count). The van der Waals surface area contributed by atoms with Gasteiger partial charge < -0.3 is 23.8 Å². The van der Waals surface area contributed by atoms with Crippen LogP contribution in [0.4, 0.5) is 0 Å². The molecule has 0 saturated carbocycles. The number of quaternary nitrogens is 1. The molecule has 56 heavy (non-hydrogen) atoms. The largest absolute Gasteiger partial charge is 0.477 e. The Balaban J connectivity index is 4.30. The molecule has 0 aliphatic carbocycles. The Hall–Kier alpha value is -3.23. The number of aliphatic carboxylic acids is 1. The molecular weight excluding hydrogens is 703 g/mol. The monoisotopic (exact) mass is 785 g/mol. The maximum absolute atomic E-state index is 12.6. The number of ether oxygens (including phenoxy) is 3. The van der Waals surface area contributed by atoms with Crippen LogP contribution < -0.4 is 0 Å². The van der Waals surface area contributed by atoms with E-state index in [0.29, 0.717) is 19.3 Å². The summed E-state index contributed by atoms with van der Waals surface area (Å²) >= 11 is 0. The molecule has 0 aromatic rings. The lowest BCUT2D eigenvalue weighted by atomic mass is 10.1. The summed E-state index contributed by atoms with van der Waals surface area (Å²) in [6.45, 7) is 4.56. The van der Waals surface area contributed by atoms with Crippen molar-refractivity contribution in [3.8, 4) is 0 Å². The molecule has 0 aromatic heterocycles. The average Bonchev–Trinajstić information content (AvgIpc) is 3.15. The van der Waals surface area contributed by atoms with Crippen LogP contribution in [0, 0.1) is 0 Å². The van der Waals surface area contributed by atoms with E-state index in [4.69, 9.17) is 14.2 Å². The Labute approximate surface area is 342 Å². The Morgan fingerprint density at radius 3 is 1.48 bits per heavy atom. The molecule has 0 fully saturated rings. The molecule has 0 aromatic carbocycles. The third-order valence-corrected chi connectivity index (χ3v) is 9.37. The van der Waals surface area contributed by atoms with Crippen LogP contribution in [0.3, 0.4) is 0 Å². The van der Waals surface area contributed by atoms with Crippen molar-refractivity contribution in [2.24, 2.45) is 0 Å². The van der Waals surface area contributed by atoms with E-state index in [1.165, 1.54) is 38.5 Å². The number of carbonyl (C=O) groups is 3. The fourth-order valence-electron chi connectivity index (χ4n) is 5.98.